The molecule has 6 rings (SSSR count). The van der Waals surface area contributed by atoms with Crippen LogP contribution in [0.15, 0.2) is 40.5 Å². The van der Waals surface area contributed by atoms with Gasteiger partial charge in [0, 0.05) is 35.1 Å². The van der Waals surface area contributed by atoms with Crippen LogP contribution < -0.4 is 0 Å². The molecular weight excluding hydrogens is 451 g/mol. The van der Waals surface area contributed by atoms with Crippen LogP contribution in [0, 0.1) is 29.1 Å². The van der Waals surface area contributed by atoms with Crippen LogP contribution in [0.4, 0.5) is 13.2 Å². The third-order valence-corrected chi connectivity index (χ3v) is 9.37. The van der Waals surface area contributed by atoms with Gasteiger partial charge in [-0.15, -0.1) is 0 Å². The highest BCUT2D eigenvalue weighted by Gasteiger charge is 2.56. The minimum absolute atomic E-state index is 0.0996. The Morgan fingerprint density at radius 3 is 2.14 bits per heavy atom. The zero-order chi connectivity index (χ0) is 24.4. The molecule has 1 aromatic rings. The van der Waals surface area contributed by atoms with Crippen molar-refractivity contribution in [3.05, 3.63) is 46.7 Å². The lowest BCUT2D eigenvalue weighted by molar-refractivity contribution is -0.137. The molecule has 4 aliphatic carbocycles. The Bertz CT molecular complexity index is 1100. The molecule has 1 aromatic carbocycles. The molecule has 4 fully saturated rings. The topological polar surface area (TPSA) is 46.5 Å². The van der Waals surface area contributed by atoms with Crippen LogP contribution in [0.5, 0.6) is 0 Å². The van der Waals surface area contributed by atoms with E-state index in [1.165, 1.54) is 12.1 Å². The van der Waals surface area contributed by atoms with Gasteiger partial charge in [-0.05, 0) is 68.4 Å². The Kier molecular flexibility index (Phi) is 5.57. The second-order valence-corrected chi connectivity index (χ2v) is 11.7. The largest absolute Gasteiger partial charge is 0.416 e. The van der Waals surface area contributed by atoms with Crippen LogP contribution in [0.2, 0.25) is 0 Å². The van der Waals surface area contributed by atoms with Gasteiger partial charge in [-0.3, -0.25) is 14.6 Å². The van der Waals surface area contributed by atoms with Crippen molar-refractivity contribution in [3.8, 4) is 0 Å². The monoisotopic (exact) mass is 483 g/mol. The van der Waals surface area contributed by atoms with Crippen molar-refractivity contribution in [1.82, 2.24) is 0 Å². The number of benzene rings is 1. The number of halogens is 3. The Labute approximate surface area is 204 Å². The SMILES string of the molecule is O=C(C1=C(C2CCCC2)N=C2CC3(CC3)CC(=O)C2C1C1CCCC1)c1ccc(C(F)(F)F)cc1. The summed E-state index contributed by atoms with van der Waals surface area (Å²) in [5, 5.41) is 0. The van der Waals surface area contributed by atoms with Crippen molar-refractivity contribution >= 4 is 17.3 Å². The summed E-state index contributed by atoms with van der Waals surface area (Å²) in [5.41, 5.74) is 2.13. The number of Topliss-reactive ketones (excluding diaryl/α,β-unsaturated/α-hetero) is 2. The average Bonchev–Trinajstić information content (AvgIpc) is 3.26. The fourth-order valence-electron chi connectivity index (χ4n) is 7.39. The summed E-state index contributed by atoms with van der Waals surface area (Å²) in [7, 11) is 0. The first-order valence-corrected chi connectivity index (χ1v) is 13.3. The van der Waals surface area contributed by atoms with E-state index in [0.29, 0.717) is 12.0 Å². The molecule has 4 saturated carbocycles. The molecule has 2 unspecified atom stereocenters. The van der Waals surface area contributed by atoms with Gasteiger partial charge in [0.25, 0.3) is 0 Å². The molecule has 35 heavy (non-hydrogen) atoms. The number of alkyl halides is 3. The zero-order valence-electron chi connectivity index (χ0n) is 20.0. The van der Waals surface area contributed by atoms with Crippen LogP contribution in [-0.4, -0.2) is 17.3 Å². The number of carbonyl (C=O) groups excluding carboxylic acids is 2. The molecule has 0 amide bonds. The van der Waals surface area contributed by atoms with Crippen molar-refractivity contribution in [2.45, 2.75) is 83.2 Å². The highest BCUT2D eigenvalue weighted by Crippen LogP contribution is 2.59. The maximum atomic E-state index is 14.1. The van der Waals surface area contributed by atoms with Crippen molar-refractivity contribution in [2.75, 3.05) is 0 Å². The second-order valence-electron chi connectivity index (χ2n) is 11.7. The molecule has 6 heteroatoms. The van der Waals surface area contributed by atoms with Crippen molar-refractivity contribution in [3.63, 3.8) is 0 Å². The summed E-state index contributed by atoms with van der Waals surface area (Å²) in [4.78, 5) is 32.8. The van der Waals surface area contributed by atoms with Gasteiger partial charge in [0.2, 0.25) is 0 Å². The standard InChI is InChI=1S/C29H32F3NO2/c30-29(31,32)20-11-9-19(10-12-20)27(35)25-23(17-5-1-2-6-17)24-21(15-28(13-14-28)16-22(24)34)33-26(25)18-7-3-4-8-18/h9-12,17-18,23-24H,1-8,13-16H2. The lowest BCUT2D eigenvalue weighted by Crippen LogP contribution is -2.45. The molecule has 0 bridgehead atoms. The minimum atomic E-state index is -4.44. The number of rotatable bonds is 4. The van der Waals surface area contributed by atoms with Gasteiger partial charge < -0.3 is 0 Å². The van der Waals surface area contributed by atoms with Gasteiger partial charge in [0.05, 0.1) is 17.2 Å². The lowest BCUT2D eigenvalue weighted by atomic mass is 9.62. The normalized spacial score (nSPS) is 29.0. The molecule has 186 valence electrons. The maximum absolute atomic E-state index is 14.1. The lowest BCUT2D eigenvalue weighted by Gasteiger charge is -2.42. The molecule has 1 aliphatic heterocycles. The van der Waals surface area contributed by atoms with Crippen molar-refractivity contribution < 1.29 is 22.8 Å². The fourth-order valence-corrected chi connectivity index (χ4v) is 7.39. The number of hydrogen-bond acceptors (Lipinski definition) is 3. The van der Waals surface area contributed by atoms with Gasteiger partial charge in [-0.2, -0.15) is 13.2 Å². The quantitative estimate of drug-likeness (QED) is 0.420. The van der Waals surface area contributed by atoms with Gasteiger partial charge in [-0.25, -0.2) is 0 Å². The fraction of sp³-hybridized carbons (Fsp3) is 0.621. The number of aliphatic imine (C=N–C) groups is 1. The number of fused-ring (bicyclic) bond motifs is 1. The van der Waals surface area contributed by atoms with Crippen LogP contribution in [0.25, 0.3) is 0 Å². The molecule has 3 nitrogen and oxygen atoms in total. The molecule has 5 aliphatic rings. The minimum Gasteiger partial charge on any atom is -0.299 e. The Hall–Kier alpha value is -2.24. The van der Waals surface area contributed by atoms with E-state index in [2.05, 4.69) is 0 Å². The molecule has 0 radical (unpaired) electrons. The van der Waals surface area contributed by atoms with E-state index in [4.69, 9.17) is 4.99 Å². The molecule has 2 atom stereocenters. The van der Waals surface area contributed by atoms with E-state index in [1.807, 2.05) is 0 Å². The summed E-state index contributed by atoms with van der Waals surface area (Å²) < 4.78 is 39.5. The van der Waals surface area contributed by atoms with E-state index in [1.54, 1.807) is 0 Å². The Morgan fingerprint density at radius 1 is 0.914 bits per heavy atom. The third-order valence-electron chi connectivity index (χ3n) is 9.37. The molecule has 0 aromatic heterocycles. The first kappa shape index (κ1) is 23.2. The summed E-state index contributed by atoms with van der Waals surface area (Å²) >= 11 is 0. The van der Waals surface area contributed by atoms with Crippen molar-refractivity contribution in [1.29, 1.82) is 0 Å². The van der Waals surface area contributed by atoms with E-state index in [9.17, 15) is 22.8 Å². The number of carbonyl (C=O) groups is 2. The van der Waals surface area contributed by atoms with Gasteiger partial charge in [0.1, 0.15) is 5.78 Å². The molecule has 1 heterocycles. The zero-order valence-corrected chi connectivity index (χ0v) is 20.0. The van der Waals surface area contributed by atoms with E-state index < -0.39 is 11.7 Å². The second kappa shape index (κ2) is 8.41. The van der Waals surface area contributed by atoms with E-state index >= 15 is 0 Å². The number of hydrogen-bond donors (Lipinski definition) is 0. The van der Waals surface area contributed by atoms with Crippen LogP contribution in [-0.2, 0) is 11.0 Å². The van der Waals surface area contributed by atoms with E-state index in [0.717, 1.165) is 94.2 Å². The predicted octanol–water partition coefficient (Wildman–Crippen LogP) is 7.35. The van der Waals surface area contributed by atoms with Crippen LogP contribution in [0.1, 0.15) is 93.0 Å². The summed E-state index contributed by atoms with van der Waals surface area (Å²) in [6, 6.07) is 4.59. The maximum Gasteiger partial charge on any atom is 0.416 e. The first-order valence-electron chi connectivity index (χ1n) is 13.3. The van der Waals surface area contributed by atoms with Gasteiger partial charge in [0.15, 0.2) is 5.78 Å². The Balaban J connectivity index is 1.48. The van der Waals surface area contributed by atoms with Gasteiger partial charge >= 0.3 is 6.18 Å². The molecule has 1 spiro atoms. The van der Waals surface area contributed by atoms with Gasteiger partial charge in [-0.1, -0.05) is 37.8 Å². The predicted molar refractivity (Wildman–Crippen MR) is 127 cm³/mol. The highest BCUT2D eigenvalue weighted by molar-refractivity contribution is 6.15. The number of allylic oxidation sites excluding steroid dienone is 2. The van der Waals surface area contributed by atoms with Crippen molar-refractivity contribution in [2.24, 2.45) is 34.1 Å². The third kappa shape index (κ3) is 4.11. The molecule has 0 saturated heterocycles. The van der Waals surface area contributed by atoms with E-state index in [-0.39, 0.29) is 46.2 Å². The summed E-state index contributed by atoms with van der Waals surface area (Å²) in [6.45, 7) is 0. The smallest absolute Gasteiger partial charge is 0.299 e. The summed E-state index contributed by atoms with van der Waals surface area (Å²) in [6.07, 6.45) is 7.51. The average molecular weight is 484 g/mol. The summed E-state index contributed by atoms with van der Waals surface area (Å²) in [5.74, 6) is -0.0465. The van der Waals surface area contributed by atoms with Crippen LogP contribution >= 0.6 is 0 Å². The number of nitrogens with zero attached hydrogens (tertiary/aromatic N) is 1. The molecule has 0 N–H and O–H groups in total. The van der Waals surface area contributed by atoms with Crippen LogP contribution in [0.3, 0.4) is 0 Å². The number of ketones is 2. The Morgan fingerprint density at radius 2 is 1.54 bits per heavy atom. The highest BCUT2D eigenvalue weighted by atomic mass is 19.4. The first-order chi connectivity index (χ1) is 16.8. The molecular formula is C29H32F3NO2.